The minimum absolute atomic E-state index is 0. The zero-order valence-electron chi connectivity index (χ0n) is 17.0. The van der Waals surface area contributed by atoms with E-state index in [-0.39, 0.29) is 24.4 Å². The lowest BCUT2D eigenvalue weighted by atomic mass is 10.1. The van der Waals surface area contributed by atoms with Gasteiger partial charge in [-0.3, -0.25) is 14.7 Å². The van der Waals surface area contributed by atoms with E-state index in [0.29, 0.717) is 19.7 Å². The number of rotatable bonds is 9. The highest BCUT2D eigenvalue weighted by Crippen LogP contribution is 2.20. The number of ether oxygens (including phenoxy) is 1. The number of piperazine rings is 1. The summed E-state index contributed by atoms with van der Waals surface area (Å²) in [6, 6.07) is 12.3. The molecule has 2 N–H and O–H groups in total. The highest BCUT2D eigenvalue weighted by atomic mass is 35.5. The Morgan fingerprint density at radius 3 is 2.86 bits per heavy atom. The number of nitrogens with zero attached hydrogens (tertiary/aromatic N) is 2. The third-order valence-corrected chi connectivity index (χ3v) is 4.97. The molecule has 1 saturated heterocycles. The summed E-state index contributed by atoms with van der Waals surface area (Å²) >= 11 is 0. The first-order valence-electron chi connectivity index (χ1n) is 10.0. The lowest BCUT2D eigenvalue weighted by Gasteiger charge is -2.35. The number of benzene rings is 1. The summed E-state index contributed by atoms with van der Waals surface area (Å²) in [5.41, 5.74) is 3.38. The molecule has 2 aromatic rings. The van der Waals surface area contributed by atoms with Gasteiger partial charge in [0.1, 0.15) is 0 Å². The van der Waals surface area contributed by atoms with Crippen LogP contribution in [0.25, 0.3) is 0 Å². The van der Waals surface area contributed by atoms with Gasteiger partial charge < -0.3 is 15.4 Å². The third kappa shape index (κ3) is 7.08. The molecule has 7 heteroatoms. The van der Waals surface area contributed by atoms with Crippen LogP contribution in [0.15, 0.2) is 48.8 Å². The minimum atomic E-state index is 0. The smallest absolute Gasteiger partial charge is 0.234 e. The number of amides is 1. The van der Waals surface area contributed by atoms with Crippen molar-refractivity contribution >= 4 is 18.3 Å². The fourth-order valence-electron chi connectivity index (χ4n) is 3.47. The molecule has 1 fully saturated rings. The Balaban J connectivity index is 0.00000300. The fourth-order valence-corrected chi connectivity index (χ4v) is 3.47. The van der Waals surface area contributed by atoms with Crippen LogP contribution in [0.1, 0.15) is 36.1 Å². The molecule has 1 unspecified atom stereocenters. The van der Waals surface area contributed by atoms with Gasteiger partial charge in [-0.05, 0) is 29.2 Å². The lowest BCUT2D eigenvalue weighted by molar-refractivity contribution is -0.123. The molecule has 1 aromatic heterocycles. The van der Waals surface area contributed by atoms with Gasteiger partial charge in [0.05, 0.1) is 13.2 Å². The standard InChI is InChI=1S/C22H30N4O2.ClH/c1-2-12-28-17-20-7-4-3-6-18(20)14-25-22(27)16-26-11-10-24-15-21(26)19-8-5-9-23-13-19;/h3-9,13,21,24H,2,10-12,14-17H2,1H3,(H,25,27);1H. The highest BCUT2D eigenvalue weighted by Gasteiger charge is 2.25. The third-order valence-electron chi connectivity index (χ3n) is 4.97. The summed E-state index contributed by atoms with van der Waals surface area (Å²) in [4.78, 5) is 19.1. The predicted octanol–water partition coefficient (Wildman–Crippen LogP) is 2.69. The maximum absolute atomic E-state index is 12.6. The van der Waals surface area contributed by atoms with Gasteiger partial charge in [-0.1, -0.05) is 37.3 Å². The first-order valence-corrected chi connectivity index (χ1v) is 10.0. The fraction of sp³-hybridized carbons (Fsp3) is 0.455. The topological polar surface area (TPSA) is 66.5 Å². The Hall–Kier alpha value is -1.99. The molecular weight excluding hydrogens is 388 g/mol. The van der Waals surface area contributed by atoms with Crippen LogP contribution in [0.2, 0.25) is 0 Å². The van der Waals surface area contributed by atoms with Gasteiger partial charge in [-0.25, -0.2) is 0 Å². The van der Waals surface area contributed by atoms with E-state index in [1.165, 1.54) is 0 Å². The van der Waals surface area contributed by atoms with Crippen LogP contribution in [0.3, 0.4) is 0 Å². The Morgan fingerprint density at radius 2 is 2.10 bits per heavy atom. The van der Waals surface area contributed by atoms with Crippen LogP contribution in [0.4, 0.5) is 0 Å². The van der Waals surface area contributed by atoms with Gasteiger partial charge >= 0.3 is 0 Å². The average Bonchev–Trinajstić information content (AvgIpc) is 2.74. The zero-order chi connectivity index (χ0) is 19.6. The van der Waals surface area contributed by atoms with E-state index in [1.807, 2.05) is 30.5 Å². The molecule has 0 spiro atoms. The second-order valence-corrected chi connectivity index (χ2v) is 7.07. The number of hydrogen-bond donors (Lipinski definition) is 2. The predicted molar refractivity (Wildman–Crippen MR) is 117 cm³/mol. The second kappa shape index (κ2) is 12.5. The van der Waals surface area contributed by atoms with E-state index in [2.05, 4.69) is 39.6 Å². The monoisotopic (exact) mass is 418 g/mol. The van der Waals surface area contributed by atoms with Crippen molar-refractivity contribution < 1.29 is 9.53 Å². The summed E-state index contributed by atoms with van der Waals surface area (Å²) in [6.07, 6.45) is 4.66. The van der Waals surface area contributed by atoms with Crippen LogP contribution in [0.5, 0.6) is 0 Å². The molecule has 0 radical (unpaired) electrons. The molecule has 1 aliphatic rings. The van der Waals surface area contributed by atoms with Crippen LogP contribution in [-0.2, 0) is 22.7 Å². The van der Waals surface area contributed by atoms with E-state index in [4.69, 9.17) is 4.74 Å². The summed E-state index contributed by atoms with van der Waals surface area (Å²) in [7, 11) is 0. The van der Waals surface area contributed by atoms with E-state index in [9.17, 15) is 4.79 Å². The molecule has 1 aromatic carbocycles. The van der Waals surface area contributed by atoms with E-state index < -0.39 is 0 Å². The molecule has 0 bridgehead atoms. The molecule has 0 aliphatic carbocycles. The van der Waals surface area contributed by atoms with Crippen molar-refractivity contribution in [1.82, 2.24) is 20.5 Å². The van der Waals surface area contributed by atoms with Gasteiger partial charge in [0.15, 0.2) is 0 Å². The Bertz CT molecular complexity index is 745. The van der Waals surface area contributed by atoms with Crippen molar-refractivity contribution in [1.29, 1.82) is 0 Å². The van der Waals surface area contributed by atoms with Crippen LogP contribution in [0, 0.1) is 0 Å². The number of halogens is 1. The maximum Gasteiger partial charge on any atom is 0.234 e. The molecule has 2 heterocycles. The molecule has 3 rings (SSSR count). The molecule has 158 valence electrons. The number of aromatic nitrogens is 1. The van der Waals surface area contributed by atoms with Crippen molar-refractivity contribution in [2.24, 2.45) is 0 Å². The van der Waals surface area contributed by atoms with Gasteiger partial charge in [0.2, 0.25) is 5.91 Å². The summed E-state index contributed by atoms with van der Waals surface area (Å²) in [5.74, 6) is 0.0417. The first kappa shape index (κ1) is 23.3. The van der Waals surface area contributed by atoms with E-state index >= 15 is 0 Å². The summed E-state index contributed by atoms with van der Waals surface area (Å²) < 4.78 is 5.67. The van der Waals surface area contributed by atoms with Crippen LogP contribution in [-0.4, -0.2) is 48.6 Å². The quantitative estimate of drug-likeness (QED) is 0.613. The largest absolute Gasteiger partial charge is 0.377 e. The van der Waals surface area contributed by atoms with Crippen molar-refractivity contribution in [3.05, 3.63) is 65.5 Å². The zero-order valence-corrected chi connectivity index (χ0v) is 17.8. The molecule has 1 amide bonds. The van der Waals surface area contributed by atoms with Crippen molar-refractivity contribution in [2.75, 3.05) is 32.8 Å². The van der Waals surface area contributed by atoms with E-state index in [1.54, 1.807) is 6.20 Å². The van der Waals surface area contributed by atoms with Gasteiger partial charge in [-0.15, -0.1) is 12.4 Å². The van der Waals surface area contributed by atoms with E-state index in [0.717, 1.165) is 49.4 Å². The molecule has 6 nitrogen and oxygen atoms in total. The Kier molecular flexibility index (Phi) is 10.1. The van der Waals surface area contributed by atoms with Gasteiger partial charge in [0, 0.05) is 51.2 Å². The maximum atomic E-state index is 12.6. The van der Waals surface area contributed by atoms with Gasteiger partial charge in [-0.2, -0.15) is 0 Å². The number of carbonyl (C=O) groups is 1. The lowest BCUT2D eigenvalue weighted by Crippen LogP contribution is -2.49. The average molecular weight is 419 g/mol. The van der Waals surface area contributed by atoms with Crippen molar-refractivity contribution in [2.45, 2.75) is 32.5 Å². The molecule has 29 heavy (non-hydrogen) atoms. The summed E-state index contributed by atoms with van der Waals surface area (Å²) in [6.45, 7) is 6.90. The second-order valence-electron chi connectivity index (χ2n) is 7.07. The van der Waals surface area contributed by atoms with Crippen molar-refractivity contribution in [3.63, 3.8) is 0 Å². The van der Waals surface area contributed by atoms with Crippen molar-refractivity contribution in [3.8, 4) is 0 Å². The molecular formula is C22H31ClN4O2. The number of carbonyl (C=O) groups excluding carboxylic acids is 1. The summed E-state index contributed by atoms with van der Waals surface area (Å²) in [5, 5.41) is 6.49. The Morgan fingerprint density at radius 1 is 1.28 bits per heavy atom. The number of nitrogens with one attached hydrogen (secondary N) is 2. The van der Waals surface area contributed by atoms with Crippen LogP contribution < -0.4 is 10.6 Å². The molecule has 0 saturated carbocycles. The SMILES string of the molecule is CCCOCc1ccccc1CNC(=O)CN1CCNCC1c1cccnc1.Cl. The molecule has 1 aliphatic heterocycles. The first-order chi connectivity index (χ1) is 13.8. The normalized spacial score (nSPS) is 16.8. The highest BCUT2D eigenvalue weighted by molar-refractivity contribution is 5.85. The Labute approximate surface area is 179 Å². The van der Waals surface area contributed by atoms with Crippen LogP contribution >= 0.6 is 12.4 Å². The minimum Gasteiger partial charge on any atom is -0.377 e. The number of pyridine rings is 1. The molecule has 1 atom stereocenters. The number of hydrogen-bond acceptors (Lipinski definition) is 5. The van der Waals surface area contributed by atoms with Gasteiger partial charge in [0.25, 0.3) is 0 Å².